The molecule has 1 heterocycles. The number of likely N-dealkylation sites (N-methyl/N-ethyl adjacent to an activating group) is 1. The molecule has 1 aliphatic heterocycles. The molecular formula is C21H24N2O3. The minimum Gasteiger partial charge on any atom is -0.447 e. The monoisotopic (exact) mass is 352 g/mol. The molecule has 1 fully saturated rings. The topological polar surface area (TPSA) is 49.9 Å². The van der Waals surface area contributed by atoms with Crippen molar-refractivity contribution in [1.29, 1.82) is 0 Å². The summed E-state index contributed by atoms with van der Waals surface area (Å²) >= 11 is 0. The predicted octanol–water partition coefficient (Wildman–Crippen LogP) is 3.58. The molecule has 26 heavy (non-hydrogen) atoms. The SMILES string of the molecule is CN(C(=O)Cc1ccc(N2CCOC2=O)cc1)C(C)(C)c1ccccc1. The highest BCUT2D eigenvalue weighted by atomic mass is 16.6. The summed E-state index contributed by atoms with van der Waals surface area (Å²) in [7, 11) is 1.84. The molecule has 0 unspecified atom stereocenters. The van der Waals surface area contributed by atoms with E-state index >= 15 is 0 Å². The van der Waals surface area contributed by atoms with Gasteiger partial charge in [0.15, 0.2) is 0 Å². The summed E-state index contributed by atoms with van der Waals surface area (Å²) in [5.74, 6) is 0.0483. The molecule has 2 amide bonds. The normalized spacial score (nSPS) is 14.3. The number of hydrogen-bond donors (Lipinski definition) is 0. The van der Waals surface area contributed by atoms with E-state index in [0.29, 0.717) is 19.6 Å². The van der Waals surface area contributed by atoms with Crippen molar-refractivity contribution in [2.75, 3.05) is 25.1 Å². The van der Waals surface area contributed by atoms with Crippen LogP contribution >= 0.6 is 0 Å². The third-order valence-electron chi connectivity index (χ3n) is 5.06. The largest absolute Gasteiger partial charge is 0.447 e. The molecule has 0 saturated carbocycles. The van der Waals surface area contributed by atoms with Gasteiger partial charge in [0.05, 0.1) is 18.5 Å². The van der Waals surface area contributed by atoms with E-state index in [-0.39, 0.29) is 12.0 Å². The Balaban J connectivity index is 1.68. The fourth-order valence-electron chi connectivity index (χ4n) is 3.07. The second kappa shape index (κ2) is 7.20. The van der Waals surface area contributed by atoms with Crippen LogP contribution in [0.2, 0.25) is 0 Å². The van der Waals surface area contributed by atoms with Crippen LogP contribution in [0.3, 0.4) is 0 Å². The van der Waals surface area contributed by atoms with Crippen molar-refractivity contribution in [3.8, 4) is 0 Å². The van der Waals surface area contributed by atoms with Crippen LogP contribution in [-0.2, 0) is 21.5 Å². The molecule has 5 heteroatoms. The standard InChI is InChI=1S/C21H24N2O3/c1-21(2,17-7-5-4-6-8-17)22(3)19(24)15-16-9-11-18(12-10-16)23-13-14-26-20(23)25/h4-12H,13-15H2,1-3H3. The van der Waals surface area contributed by atoms with Gasteiger partial charge < -0.3 is 9.64 Å². The van der Waals surface area contributed by atoms with E-state index in [0.717, 1.165) is 16.8 Å². The number of benzene rings is 2. The minimum absolute atomic E-state index is 0.0483. The van der Waals surface area contributed by atoms with E-state index in [9.17, 15) is 9.59 Å². The number of amides is 2. The summed E-state index contributed by atoms with van der Waals surface area (Å²) in [5.41, 5.74) is 2.42. The van der Waals surface area contributed by atoms with Gasteiger partial charge in [0.25, 0.3) is 0 Å². The predicted molar refractivity (Wildman–Crippen MR) is 101 cm³/mol. The van der Waals surface area contributed by atoms with Gasteiger partial charge in [-0.1, -0.05) is 42.5 Å². The van der Waals surface area contributed by atoms with E-state index in [1.807, 2.05) is 75.5 Å². The molecule has 0 atom stereocenters. The van der Waals surface area contributed by atoms with Crippen LogP contribution in [-0.4, -0.2) is 37.1 Å². The van der Waals surface area contributed by atoms with Crippen LogP contribution in [0, 0.1) is 0 Å². The quantitative estimate of drug-likeness (QED) is 0.826. The molecule has 1 saturated heterocycles. The van der Waals surface area contributed by atoms with Crippen molar-refractivity contribution in [3.63, 3.8) is 0 Å². The average Bonchev–Trinajstić information content (AvgIpc) is 3.08. The zero-order valence-electron chi connectivity index (χ0n) is 15.4. The van der Waals surface area contributed by atoms with E-state index in [1.54, 1.807) is 9.80 Å². The Morgan fingerprint density at radius 1 is 1.12 bits per heavy atom. The highest BCUT2D eigenvalue weighted by molar-refractivity contribution is 5.89. The Morgan fingerprint density at radius 3 is 2.35 bits per heavy atom. The molecule has 5 nitrogen and oxygen atoms in total. The van der Waals surface area contributed by atoms with Gasteiger partial charge in [-0.15, -0.1) is 0 Å². The zero-order chi connectivity index (χ0) is 18.7. The maximum absolute atomic E-state index is 12.8. The number of rotatable bonds is 5. The maximum atomic E-state index is 12.8. The fourth-order valence-corrected chi connectivity index (χ4v) is 3.07. The molecule has 136 valence electrons. The van der Waals surface area contributed by atoms with E-state index in [4.69, 9.17) is 4.74 Å². The van der Waals surface area contributed by atoms with Crippen LogP contribution in [0.5, 0.6) is 0 Å². The highest BCUT2D eigenvalue weighted by Gasteiger charge is 2.29. The molecule has 0 aromatic heterocycles. The van der Waals surface area contributed by atoms with E-state index < -0.39 is 5.54 Å². The van der Waals surface area contributed by atoms with Crippen LogP contribution in [0.4, 0.5) is 10.5 Å². The third-order valence-corrected chi connectivity index (χ3v) is 5.06. The molecule has 1 aliphatic rings. The number of carbonyl (C=O) groups is 2. The summed E-state index contributed by atoms with van der Waals surface area (Å²) in [6, 6.07) is 17.5. The van der Waals surface area contributed by atoms with Crippen molar-refractivity contribution in [1.82, 2.24) is 4.90 Å². The summed E-state index contributed by atoms with van der Waals surface area (Å²) < 4.78 is 4.95. The summed E-state index contributed by atoms with van der Waals surface area (Å²) in [5, 5.41) is 0. The van der Waals surface area contributed by atoms with Gasteiger partial charge >= 0.3 is 6.09 Å². The molecule has 0 aliphatic carbocycles. The Morgan fingerprint density at radius 2 is 1.77 bits per heavy atom. The second-order valence-corrected chi connectivity index (χ2v) is 6.99. The van der Waals surface area contributed by atoms with Gasteiger partial charge in [-0.25, -0.2) is 4.79 Å². The lowest BCUT2D eigenvalue weighted by molar-refractivity contribution is -0.134. The van der Waals surface area contributed by atoms with Gasteiger partial charge in [-0.05, 0) is 37.1 Å². The van der Waals surface area contributed by atoms with Crippen molar-refractivity contribution < 1.29 is 14.3 Å². The molecule has 3 rings (SSSR count). The van der Waals surface area contributed by atoms with Crippen LogP contribution in [0.15, 0.2) is 54.6 Å². The first-order valence-electron chi connectivity index (χ1n) is 8.75. The van der Waals surface area contributed by atoms with Crippen molar-refractivity contribution in [2.45, 2.75) is 25.8 Å². The van der Waals surface area contributed by atoms with E-state index in [2.05, 4.69) is 0 Å². The van der Waals surface area contributed by atoms with Crippen molar-refractivity contribution in [2.24, 2.45) is 0 Å². The molecule has 0 N–H and O–H groups in total. The smallest absolute Gasteiger partial charge is 0.414 e. The lowest BCUT2D eigenvalue weighted by atomic mass is 9.92. The number of carbonyl (C=O) groups excluding carboxylic acids is 2. The summed E-state index contributed by atoms with van der Waals surface area (Å²) in [4.78, 5) is 27.8. The first-order valence-corrected chi connectivity index (χ1v) is 8.75. The second-order valence-electron chi connectivity index (χ2n) is 6.99. The number of anilines is 1. The Labute approximate surface area is 154 Å². The molecular weight excluding hydrogens is 328 g/mol. The van der Waals surface area contributed by atoms with Crippen molar-refractivity contribution >= 4 is 17.7 Å². The first-order chi connectivity index (χ1) is 12.4. The number of ether oxygens (including phenoxy) is 1. The fraction of sp³-hybridized carbons (Fsp3) is 0.333. The average molecular weight is 352 g/mol. The lowest BCUT2D eigenvalue weighted by Crippen LogP contribution is -2.43. The van der Waals surface area contributed by atoms with Crippen molar-refractivity contribution in [3.05, 3.63) is 65.7 Å². The lowest BCUT2D eigenvalue weighted by Gasteiger charge is -2.36. The van der Waals surface area contributed by atoms with Crippen LogP contribution in [0.25, 0.3) is 0 Å². The summed E-state index contributed by atoms with van der Waals surface area (Å²) in [6.07, 6.45) is -0.00418. The maximum Gasteiger partial charge on any atom is 0.414 e. The molecule has 0 spiro atoms. The molecule has 2 aromatic carbocycles. The number of cyclic esters (lactones) is 1. The van der Waals surface area contributed by atoms with Gasteiger partial charge in [0.1, 0.15) is 6.61 Å². The Hall–Kier alpha value is -2.82. The third kappa shape index (κ3) is 3.57. The summed E-state index contributed by atoms with van der Waals surface area (Å²) in [6.45, 7) is 5.06. The van der Waals surface area contributed by atoms with Gasteiger partial charge in [-0.3, -0.25) is 9.69 Å². The molecule has 0 bridgehead atoms. The zero-order valence-corrected chi connectivity index (χ0v) is 15.4. The van der Waals surface area contributed by atoms with Gasteiger partial charge in [0, 0.05) is 12.7 Å². The minimum atomic E-state index is -0.391. The molecule has 2 aromatic rings. The van der Waals surface area contributed by atoms with Gasteiger partial charge in [-0.2, -0.15) is 0 Å². The number of nitrogens with zero attached hydrogens (tertiary/aromatic N) is 2. The molecule has 0 radical (unpaired) electrons. The highest BCUT2D eigenvalue weighted by Crippen LogP contribution is 2.27. The Kier molecular flexibility index (Phi) is 4.98. The van der Waals surface area contributed by atoms with Gasteiger partial charge in [0.2, 0.25) is 5.91 Å². The first kappa shape index (κ1) is 18.0. The van der Waals surface area contributed by atoms with Crippen LogP contribution in [0.1, 0.15) is 25.0 Å². The van der Waals surface area contributed by atoms with E-state index in [1.165, 1.54) is 0 Å². The Bertz CT molecular complexity index is 785. The van der Waals surface area contributed by atoms with Crippen LogP contribution < -0.4 is 4.90 Å². The number of hydrogen-bond acceptors (Lipinski definition) is 3.